The third kappa shape index (κ3) is 4.61. The normalized spacial score (nSPS) is 18.8. The number of anilines is 1. The van der Waals surface area contributed by atoms with Gasteiger partial charge in [-0.25, -0.2) is 0 Å². The fraction of sp³-hybridized carbons (Fsp3) is 0.333. The first-order chi connectivity index (χ1) is 15.6. The Kier molecular flexibility index (Phi) is 6.46. The number of dihydropyridines is 1. The molecule has 1 aliphatic heterocycles. The average Bonchev–Trinajstić information content (AvgIpc) is 3.13. The van der Waals surface area contributed by atoms with Gasteiger partial charge in [-0.1, -0.05) is 6.07 Å². The molecule has 2 heterocycles. The highest BCUT2D eigenvalue weighted by Gasteiger charge is 2.40. The zero-order chi connectivity index (χ0) is 23.9. The Labute approximate surface area is 198 Å². The molecule has 4 nitrogen and oxygen atoms in total. The lowest BCUT2D eigenvalue weighted by Gasteiger charge is -2.34. The molecule has 0 spiro atoms. The highest BCUT2D eigenvalue weighted by atomic mass is 32.2. The van der Waals surface area contributed by atoms with E-state index in [-0.39, 0.29) is 11.5 Å². The van der Waals surface area contributed by atoms with Crippen molar-refractivity contribution in [3.05, 3.63) is 68.9 Å². The zero-order valence-corrected chi connectivity index (χ0v) is 20.0. The van der Waals surface area contributed by atoms with Crippen LogP contribution < -0.4 is 10.6 Å². The van der Waals surface area contributed by atoms with Gasteiger partial charge in [-0.2, -0.15) is 13.2 Å². The number of benzene rings is 1. The summed E-state index contributed by atoms with van der Waals surface area (Å²) in [5, 5.41) is 5.87. The topological polar surface area (TPSA) is 58.2 Å². The molecule has 1 atom stereocenters. The second kappa shape index (κ2) is 9.02. The van der Waals surface area contributed by atoms with Gasteiger partial charge >= 0.3 is 6.18 Å². The largest absolute Gasteiger partial charge is 0.416 e. The van der Waals surface area contributed by atoms with Crippen LogP contribution in [-0.2, 0) is 15.8 Å². The monoisotopic (exact) mass is 492 g/mol. The van der Waals surface area contributed by atoms with Crippen LogP contribution >= 0.6 is 23.1 Å². The van der Waals surface area contributed by atoms with Crippen LogP contribution in [0.3, 0.4) is 0 Å². The number of aryl methyl sites for hydroxylation is 1. The van der Waals surface area contributed by atoms with Crippen molar-refractivity contribution in [2.45, 2.75) is 49.4 Å². The summed E-state index contributed by atoms with van der Waals surface area (Å²) in [6, 6.07) is 6.56. The van der Waals surface area contributed by atoms with Crippen molar-refractivity contribution in [1.29, 1.82) is 0 Å². The van der Waals surface area contributed by atoms with Crippen LogP contribution in [0.15, 0.2) is 57.1 Å². The highest BCUT2D eigenvalue weighted by Crippen LogP contribution is 2.47. The van der Waals surface area contributed by atoms with Gasteiger partial charge in [-0.05, 0) is 62.8 Å². The summed E-state index contributed by atoms with van der Waals surface area (Å²) < 4.78 is 40.4. The molecule has 4 rings (SSSR count). The number of thiophene rings is 1. The molecule has 1 amide bonds. The molecule has 33 heavy (non-hydrogen) atoms. The van der Waals surface area contributed by atoms with Gasteiger partial charge in [0, 0.05) is 45.4 Å². The molecular formula is C24H23F3N2O2S2. The molecule has 9 heteroatoms. The van der Waals surface area contributed by atoms with Crippen LogP contribution in [0.5, 0.6) is 0 Å². The number of carbonyl (C=O) groups excluding carboxylic acids is 2. The number of hydrogen-bond donors (Lipinski definition) is 2. The first-order valence-corrected chi connectivity index (χ1v) is 12.5. The van der Waals surface area contributed by atoms with Crippen molar-refractivity contribution in [1.82, 2.24) is 5.32 Å². The molecule has 1 aromatic heterocycles. The van der Waals surface area contributed by atoms with Gasteiger partial charge in [0.25, 0.3) is 5.91 Å². The van der Waals surface area contributed by atoms with Crippen molar-refractivity contribution in [3.8, 4) is 0 Å². The summed E-state index contributed by atoms with van der Waals surface area (Å²) in [6.45, 7) is 3.75. The molecule has 0 radical (unpaired) electrons. The van der Waals surface area contributed by atoms with Gasteiger partial charge in [0.15, 0.2) is 5.78 Å². The maximum atomic E-state index is 13.5. The SMILES string of the molecule is CSc1sc(C)cc1C1C(C(=O)Nc2cccc(C(F)(F)F)c2)=C(C)NC2=C1C(=O)CCC2. The lowest BCUT2D eigenvalue weighted by molar-refractivity contribution is -0.137. The number of allylic oxidation sites excluding steroid dienone is 3. The minimum atomic E-state index is -4.51. The highest BCUT2D eigenvalue weighted by molar-refractivity contribution is 8.00. The number of alkyl halides is 3. The average molecular weight is 493 g/mol. The Bertz CT molecular complexity index is 1190. The van der Waals surface area contributed by atoms with Crippen LogP contribution in [0.4, 0.5) is 18.9 Å². The van der Waals surface area contributed by atoms with Gasteiger partial charge < -0.3 is 10.6 Å². The molecular weight excluding hydrogens is 469 g/mol. The van der Waals surface area contributed by atoms with Crippen molar-refractivity contribution < 1.29 is 22.8 Å². The van der Waals surface area contributed by atoms with E-state index in [0.29, 0.717) is 23.3 Å². The Morgan fingerprint density at radius 1 is 1.21 bits per heavy atom. The summed E-state index contributed by atoms with van der Waals surface area (Å²) in [4.78, 5) is 27.6. The standard InChI is InChI=1S/C24H23F3N2O2S2/c1-12-10-16(23(32-3)33-12)20-19(13(2)28-17-8-5-9-18(30)21(17)20)22(31)29-15-7-4-6-14(11-15)24(25,26)27/h4,6-7,10-11,20,28H,5,8-9H2,1-3H3,(H,29,31). The number of rotatable bonds is 4. The van der Waals surface area contributed by atoms with E-state index in [0.717, 1.165) is 45.3 Å². The molecule has 1 aromatic carbocycles. The Morgan fingerprint density at radius 2 is 1.97 bits per heavy atom. The van der Waals surface area contributed by atoms with Gasteiger partial charge in [0.2, 0.25) is 0 Å². The van der Waals surface area contributed by atoms with Crippen molar-refractivity contribution in [2.75, 3.05) is 11.6 Å². The van der Waals surface area contributed by atoms with E-state index < -0.39 is 23.6 Å². The minimum Gasteiger partial charge on any atom is -0.362 e. The summed E-state index contributed by atoms with van der Waals surface area (Å²) in [6.07, 6.45) is -0.687. The predicted octanol–water partition coefficient (Wildman–Crippen LogP) is 6.40. The maximum absolute atomic E-state index is 13.5. The molecule has 0 saturated heterocycles. The lowest BCUT2D eigenvalue weighted by atomic mass is 9.75. The summed E-state index contributed by atoms with van der Waals surface area (Å²) >= 11 is 3.16. The van der Waals surface area contributed by atoms with Gasteiger partial charge in [0.1, 0.15) is 0 Å². The van der Waals surface area contributed by atoms with E-state index in [2.05, 4.69) is 10.6 Å². The van der Waals surface area contributed by atoms with Crippen LogP contribution in [0.25, 0.3) is 0 Å². The van der Waals surface area contributed by atoms with E-state index in [9.17, 15) is 22.8 Å². The predicted molar refractivity (Wildman–Crippen MR) is 125 cm³/mol. The second-order valence-electron chi connectivity index (χ2n) is 8.10. The molecule has 2 N–H and O–H groups in total. The Morgan fingerprint density at radius 3 is 2.67 bits per heavy atom. The lowest BCUT2D eigenvalue weighted by Crippen LogP contribution is -2.35. The van der Waals surface area contributed by atoms with Gasteiger partial charge in [-0.15, -0.1) is 23.1 Å². The smallest absolute Gasteiger partial charge is 0.362 e. The molecule has 1 aliphatic carbocycles. The first-order valence-electron chi connectivity index (χ1n) is 10.5. The number of Topliss-reactive ketones (excluding diaryl/α,β-unsaturated/α-hetero) is 1. The van der Waals surface area contributed by atoms with Crippen LogP contribution in [0, 0.1) is 6.92 Å². The number of nitrogens with one attached hydrogen (secondary N) is 2. The number of carbonyl (C=O) groups is 2. The molecule has 0 bridgehead atoms. The zero-order valence-electron chi connectivity index (χ0n) is 18.4. The maximum Gasteiger partial charge on any atom is 0.416 e. The summed E-state index contributed by atoms with van der Waals surface area (Å²) in [7, 11) is 0. The van der Waals surface area contributed by atoms with Crippen LogP contribution in [0.1, 0.15) is 48.1 Å². The molecule has 1 unspecified atom stereocenters. The molecule has 0 fully saturated rings. The van der Waals surface area contributed by atoms with E-state index in [1.54, 1.807) is 30.0 Å². The number of halogens is 3. The number of hydrogen-bond acceptors (Lipinski definition) is 5. The summed E-state index contributed by atoms with van der Waals surface area (Å²) in [5.74, 6) is -1.08. The second-order valence-corrected chi connectivity index (χ2v) is 10.4. The van der Waals surface area contributed by atoms with Gasteiger partial charge in [-0.3, -0.25) is 9.59 Å². The Balaban J connectivity index is 1.78. The number of thioether (sulfide) groups is 1. The fourth-order valence-corrected chi connectivity index (χ4v) is 6.35. The van der Waals surface area contributed by atoms with Crippen molar-refractivity contribution in [2.24, 2.45) is 0 Å². The minimum absolute atomic E-state index is 0.00141. The summed E-state index contributed by atoms with van der Waals surface area (Å²) in [5.41, 5.74) is 2.49. The quantitative estimate of drug-likeness (QED) is 0.485. The van der Waals surface area contributed by atoms with Gasteiger partial charge in [0.05, 0.1) is 9.77 Å². The molecule has 0 saturated carbocycles. The molecule has 174 valence electrons. The van der Waals surface area contributed by atoms with E-state index >= 15 is 0 Å². The number of ketones is 1. The number of amides is 1. The third-order valence-corrected chi connectivity index (χ3v) is 8.03. The molecule has 2 aliphatic rings. The Hall–Kier alpha value is -2.52. The van der Waals surface area contributed by atoms with E-state index in [1.807, 2.05) is 19.2 Å². The first kappa shape index (κ1) is 23.6. The van der Waals surface area contributed by atoms with E-state index in [1.165, 1.54) is 12.1 Å². The fourth-order valence-electron chi connectivity index (χ4n) is 4.44. The van der Waals surface area contributed by atoms with Crippen LogP contribution in [-0.4, -0.2) is 17.9 Å². The molecule has 2 aromatic rings. The third-order valence-electron chi connectivity index (χ3n) is 5.81. The van der Waals surface area contributed by atoms with Crippen molar-refractivity contribution in [3.63, 3.8) is 0 Å². The van der Waals surface area contributed by atoms with Crippen molar-refractivity contribution >= 4 is 40.5 Å². The van der Waals surface area contributed by atoms with Crippen LogP contribution in [0.2, 0.25) is 0 Å². The van der Waals surface area contributed by atoms with E-state index in [4.69, 9.17) is 0 Å².